The Morgan fingerprint density at radius 1 is 1.08 bits per heavy atom. The summed E-state index contributed by atoms with van der Waals surface area (Å²) in [5.41, 5.74) is 0.694. The number of nitrogens with one attached hydrogen (secondary N) is 1. The van der Waals surface area contributed by atoms with Crippen molar-refractivity contribution in [2.24, 2.45) is 0 Å². The van der Waals surface area contributed by atoms with Crippen molar-refractivity contribution in [3.05, 3.63) is 66.4 Å². The molecule has 124 valence electrons. The smallest absolute Gasteiger partial charge is 0.255 e. The molecule has 3 aromatic rings. The molecule has 1 amide bonds. The van der Waals surface area contributed by atoms with E-state index in [0.717, 1.165) is 11.1 Å². The molecule has 24 heavy (non-hydrogen) atoms. The number of nitrogens with zero attached hydrogens (tertiary/aromatic N) is 1. The van der Waals surface area contributed by atoms with Crippen molar-refractivity contribution in [2.75, 3.05) is 12.3 Å². The predicted molar refractivity (Wildman–Crippen MR) is 99.6 cm³/mol. The Kier molecular flexibility index (Phi) is 6.21. The molecule has 2 N–H and O–H groups in total. The van der Waals surface area contributed by atoms with E-state index in [4.69, 9.17) is 0 Å². The zero-order chi connectivity index (χ0) is 16.1. The fourth-order valence-corrected chi connectivity index (χ4v) is 3.05. The van der Waals surface area contributed by atoms with Gasteiger partial charge in [-0.1, -0.05) is 37.8 Å². The zero-order valence-corrected chi connectivity index (χ0v) is 13.2. The van der Waals surface area contributed by atoms with Crippen molar-refractivity contribution in [2.45, 2.75) is 12.3 Å². The molecule has 0 spiro atoms. The van der Waals surface area contributed by atoms with E-state index in [1.807, 2.05) is 36.4 Å². The Balaban J connectivity index is 0.00000208. The molecule has 0 aliphatic rings. The average Bonchev–Trinajstić information content (AvgIpc) is 2.60. The summed E-state index contributed by atoms with van der Waals surface area (Å²) in [4.78, 5) is 17.5. The van der Waals surface area contributed by atoms with E-state index in [1.54, 1.807) is 36.2 Å². The minimum Gasteiger partial charge on any atom is -0.505 e. The molecule has 0 radical (unpaired) electrons. The van der Waals surface area contributed by atoms with E-state index in [9.17, 15) is 9.90 Å². The molecule has 0 atom stereocenters. The van der Waals surface area contributed by atoms with Gasteiger partial charge in [0.25, 0.3) is 5.91 Å². The maximum atomic E-state index is 12.2. The van der Waals surface area contributed by atoms with Crippen LogP contribution in [-0.4, -0.2) is 28.3 Å². The molecule has 5 heteroatoms. The molecule has 0 bridgehead atoms. The van der Waals surface area contributed by atoms with Gasteiger partial charge in [-0.25, -0.2) is 0 Å². The molecule has 0 unspecified atom stereocenters. The summed E-state index contributed by atoms with van der Waals surface area (Å²) < 4.78 is 0. The van der Waals surface area contributed by atoms with Gasteiger partial charge in [0.15, 0.2) is 5.75 Å². The number of carbonyl (C=O) groups is 1. The lowest BCUT2D eigenvalue weighted by molar-refractivity contribution is 0.0953. The van der Waals surface area contributed by atoms with Crippen LogP contribution in [0.2, 0.25) is 0 Å². The lowest BCUT2D eigenvalue weighted by Crippen LogP contribution is -2.25. The van der Waals surface area contributed by atoms with E-state index < -0.39 is 0 Å². The second kappa shape index (κ2) is 8.36. The van der Waals surface area contributed by atoms with Gasteiger partial charge in [-0.2, -0.15) is 0 Å². The minimum atomic E-state index is -0.288. The number of amides is 1. The molecule has 1 heterocycles. The molecular weight excluding hydrogens is 320 g/mol. The summed E-state index contributed by atoms with van der Waals surface area (Å²) in [6, 6.07) is 17.1. The average molecular weight is 340 g/mol. The highest BCUT2D eigenvalue weighted by molar-refractivity contribution is 7.99. The van der Waals surface area contributed by atoms with E-state index in [1.165, 1.54) is 4.90 Å². The van der Waals surface area contributed by atoms with Gasteiger partial charge in [-0.05, 0) is 24.3 Å². The first-order valence-corrected chi connectivity index (χ1v) is 8.27. The van der Waals surface area contributed by atoms with Gasteiger partial charge in [0.05, 0.1) is 5.56 Å². The topological polar surface area (TPSA) is 62.2 Å². The summed E-state index contributed by atoms with van der Waals surface area (Å²) in [5, 5.41) is 13.9. The number of hydrogen-bond donors (Lipinski definition) is 2. The number of phenolic OH excluding ortho intramolecular Hbond substituents is 1. The number of thioether (sulfide) groups is 1. The van der Waals surface area contributed by atoms with Crippen LogP contribution in [-0.2, 0) is 0 Å². The third-order valence-electron chi connectivity index (χ3n) is 3.39. The first-order valence-electron chi connectivity index (χ1n) is 7.28. The fraction of sp³-hybridized carbons (Fsp3) is 0.158. The lowest BCUT2D eigenvalue weighted by Gasteiger charge is -2.08. The van der Waals surface area contributed by atoms with Crippen LogP contribution in [0.5, 0.6) is 5.75 Å². The first-order chi connectivity index (χ1) is 11.3. The van der Waals surface area contributed by atoms with Crippen LogP contribution in [0.1, 0.15) is 17.8 Å². The predicted octanol–water partition coefficient (Wildman–Crippen LogP) is 4.10. The molecular formula is C19H20N2O2S. The number of fused-ring (bicyclic) bond motifs is 1. The number of carbonyl (C=O) groups excluding carboxylic acids is 1. The Bertz CT molecular complexity index is 822. The van der Waals surface area contributed by atoms with Crippen molar-refractivity contribution in [1.82, 2.24) is 10.3 Å². The highest BCUT2D eigenvalue weighted by atomic mass is 32.2. The quantitative estimate of drug-likeness (QED) is 0.542. The third-order valence-corrected chi connectivity index (χ3v) is 4.41. The van der Waals surface area contributed by atoms with E-state index in [2.05, 4.69) is 10.3 Å². The highest BCUT2D eigenvalue weighted by Crippen LogP contribution is 2.26. The van der Waals surface area contributed by atoms with Crippen LogP contribution < -0.4 is 5.32 Å². The van der Waals surface area contributed by atoms with Crippen LogP contribution in [0.4, 0.5) is 0 Å². The van der Waals surface area contributed by atoms with E-state index in [-0.39, 0.29) is 24.6 Å². The van der Waals surface area contributed by atoms with Crippen LogP contribution in [0.15, 0.2) is 65.7 Å². The number of aromatic hydroxyl groups is 1. The second-order valence-electron chi connectivity index (χ2n) is 4.95. The molecule has 0 saturated heterocycles. The largest absolute Gasteiger partial charge is 0.505 e. The van der Waals surface area contributed by atoms with Gasteiger partial charge in [0.1, 0.15) is 5.52 Å². The maximum Gasteiger partial charge on any atom is 0.255 e. The monoisotopic (exact) mass is 340 g/mol. The Hall–Kier alpha value is -2.53. The summed E-state index contributed by atoms with van der Waals surface area (Å²) in [5.74, 6) is 0.405. The third kappa shape index (κ3) is 4.06. The number of pyridine rings is 1. The summed E-state index contributed by atoms with van der Waals surface area (Å²) in [6.07, 6.45) is 1.60. The molecule has 2 aromatic carbocycles. The molecule has 3 rings (SSSR count). The van der Waals surface area contributed by atoms with Gasteiger partial charge < -0.3 is 10.4 Å². The summed E-state index contributed by atoms with van der Waals surface area (Å²) in [7, 11) is 0. The van der Waals surface area contributed by atoms with Crippen LogP contribution in [0.25, 0.3) is 10.9 Å². The van der Waals surface area contributed by atoms with Crippen molar-refractivity contribution in [1.29, 1.82) is 0 Å². The number of rotatable bonds is 5. The van der Waals surface area contributed by atoms with Crippen molar-refractivity contribution < 1.29 is 9.90 Å². The maximum absolute atomic E-state index is 12.2. The van der Waals surface area contributed by atoms with Crippen molar-refractivity contribution >= 4 is 28.6 Å². The first kappa shape index (κ1) is 17.8. The summed E-state index contributed by atoms with van der Waals surface area (Å²) in [6.45, 7) is 0.526. The Labute approximate surface area is 145 Å². The van der Waals surface area contributed by atoms with Gasteiger partial charge in [-0.3, -0.25) is 9.78 Å². The molecule has 4 nitrogen and oxygen atoms in total. The van der Waals surface area contributed by atoms with Gasteiger partial charge in [0, 0.05) is 28.8 Å². The molecule has 0 fully saturated rings. The second-order valence-corrected chi connectivity index (χ2v) is 6.12. The number of phenols is 1. The zero-order valence-electron chi connectivity index (χ0n) is 12.4. The normalized spacial score (nSPS) is 10.2. The summed E-state index contributed by atoms with van der Waals surface area (Å²) >= 11 is 1.67. The van der Waals surface area contributed by atoms with Crippen LogP contribution >= 0.6 is 11.8 Å². The van der Waals surface area contributed by atoms with Crippen LogP contribution in [0, 0.1) is 0 Å². The number of aromatic nitrogens is 1. The van der Waals surface area contributed by atoms with Gasteiger partial charge >= 0.3 is 0 Å². The molecule has 0 saturated carbocycles. The molecule has 0 aliphatic heterocycles. The SMILES string of the molecule is C.O=C(NCCSc1ccccc1)c1ccc2cccnc2c1O. The highest BCUT2D eigenvalue weighted by Gasteiger charge is 2.13. The van der Waals surface area contributed by atoms with Gasteiger partial charge in [0.2, 0.25) is 0 Å². The van der Waals surface area contributed by atoms with E-state index in [0.29, 0.717) is 12.1 Å². The molecule has 0 aliphatic carbocycles. The fourth-order valence-electron chi connectivity index (χ4n) is 2.26. The van der Waals surface area contributed by atoms with Crippen molar-refractivity contribution in [3.63, 3.8) is 0 Å². The lowest BCUT2D eigenvalue weighted by atomic mass is 10.1. The standard InChI is InChI=1S/C18H16N2O2S.CH4/c21-17-15(9-8-13-5-4-10-19-16(13)17)18(22)20-11-12-23-14-6-2-1-3-7-14;/h1-10,21H,11-12H2,(H,20,22);1H4. The number of hydrogen-bond acceptors (Lipinski definition) is 4. The Morgan fingerprint density at radius 2 is 1.88 bits per heavy atom. The van der Waals surface area contributed by atoms with Gasteiger partial charge in [-0.15, -0.1) is 11.8 Å². The van der Waals surface area contributed by atoms with E-state index >= 15 is 0 Å². The Morgan fingerprint density at radius 3 is 2.67 bits per heavy atom. The minimum absolute atomic E-state index is 0. The molecule has 1 aromatic heterocycles. The van der Waals surface area contributed by atoms with Crippen molar-refractivity contribution in [3.8, 4) is 5.75 Å². The number of benzene rings is 2. The van der Waals surface area contributed by atoms with Crippen LogP contribution in [0.3, 0.4) is 0 Å².